The third kappa shape index (κ3) is 4.03. The van der Waals surface area contributed by atoms with E-state index in [1.165, 1.54) is 16.2 Å². The zero-order chi connectivity index (χ0) is 18.7. The minimum atomic E-state index is -0.377. The first kappa shape index (κ1) is 18.0. The van der Waals surface area contributed by atoms with Gasteiger partial charge in [0.2, 0.25) is 0 Å². The van der Waals surface area contributed by atoms with Gasteiger partial charge >= 0.3 is 0 Å². The molecule has 0 bridgehead atoms. The Balaban J connectivity index is 1.69. The third-order valence-electron chi connectivity index (χ3n) is 3.27. The summed E-state index contributed by atoms with van der Waals surface area (Å²) in [6, 6.07) is 3.66. The number of nitrogens with zero attached hydrogens (tertiary/aromatic N) is 4. The number of aromatic nitrogens is 3. The van der Waals surface area contributed by atoms with E-state index in [2.05, 4.69) is 25.6 Å². The molecule has 0 spiro atoms. The first-order valence-electron chi connectivity index (χ1n) is 7.57. The highest BCUT2D eigenvalue weighted by molar-refractivity contribution is 7.17. The molecule has 0 aliphatic heterocycles. The molecule has 0 aliphatic rings. The van der Waals surface area contributed by atoms with Crippen molar-refractivity contribution in [2.24, 2.45) is 0 Å². The van der Waals surface area contributed by atoms with Crippen LogP contribution in [-0.2, 0) is 0 Å². The Hall–Kier alpha value is -2.85. The molecule has 0 saturated carbocycles. The van der Waals surface area contributed by atoms with Crippen molar-refractivity contribution in [3.63, 3.8) is 0 Å². The lowest BCUT2D eigenvalue weighted by Crippen LogP contribution is -2.21. The van der Waals surface area contributed by atoms with E-state index in [1.807, 2.05) is 6.07 Å². The van der Waals surface area contributed by atoms with Crippen LogP contribution in [0.2, 0.25) is 0 Å². The second-order valence-electron chi connectivity index (χ2n) is 5.49. The van der Waals surface area contributed by atoms with Crippen molar-refractivity contribution in [2.45, 2.75) is 6.92 Å². The number of thiazole rings is 2. The number of carbonyl (C=O) groups excluding carboxylic acids is 2. The van der Waals surface area contributed by atoms with E-state index in [-0.39, 0.29) is 17.5 Å². The average molecular weight is 388 g/mol. The summed E-state index contributed by atoms with van der Waals surface area (Å²) in [5.41, 5.74) is 1.65. The summed E-state index contributed by atoms with van der Waals surface area (Å²) < 4.78 is 0. The van der Waals surface area contributed by atoms with Crippen LogP contribution in [0.4, 0.5) is 16.0 Å². The normalized spacial score (nSPS) is 10.4. The number of anilines is 3. The van der Waals surface area contributed by atoms with Gasteiger partial charge < -0.3 is 10.2 Å². The highest BCUT2D eigenvalue weighted by Crippen LogP contribution is 2.25. The van der Waals surface area contributed by atoms with Gasteiger partial charge in [-0.15, -0.1) is 11.3 Å². The van der Waals surface area contributed by atoms with Crippen molar-refractivity contribution in [2.75, 3.05) is 24.7 Å². The lowest BCUT2D eigenvalue weighted by Gasteiger charge is -2.07. The minimum absolute atomic E-state index is 0.142. The maximum absolute atomic E-state index is 12.4. The zero-order valence-corrected chi connectivity index (χ0v) is 15.9. The van der Waals surface area contributed by atoms with Crippen molar-refractivity contribution >= 4 is 50.4 Å². The summed E-state index contributed by atoms with van der Waals surface area (Å²) in [4.78, 5) is 38.9. The van der Waals surface area contributed by atoms with Gasteiger partial charge in [-0.25, -0.2) is 9.97 Å². The van der Waals surface area contributed by atoms with Crippen molar-refractivity contribution in [3.8, 4) is 0 Å². The van der Waals surface area contributed by atoms with Gasteiger partial charge in [0.1, 0.15) is 10.6 Å². The Morgan fingerprint density at radius 1 is 1.19 bits per heavy atom. The van der Waals surface area contributed by atoms with E-state index < -0.39 is 0 Å². The highest BCUT2D eigenvalue weighted by Gasteiger charge is 2.19. The summed E-state index contributed by atoms with van der Waals surface area (Å²) in [5.74, 6) is -0.518. The number of hydrogen-bond acceptors (Lipinski definition) is 8. The highest BCUT2D eigenvalue weighted by atomic mass is 32.1. The van der Waals surface area contributed by atoms with E-state index in [0.29, 0.717) is 20.8 Å². The standard InChI is InChI=1S/C16H16N6O2S2/c1-9-12(14(24)22(2)3)26-16(18-9)21-13(23)11-8-25-15(20-11)19-10-5-4-6-17-7-10/h4-8H,1-3H3,(H,19,20)(H,18,21,23). The quantitative estimate of drug-likeness (QED) is 0.697. The van der Waals surface area contributed by atoms with Gasteiger partial charge in [0, 0.05) is 25.7 Å². The molecule has 3 aromatic heterocycles. The van der Waals surface area contributed by atoms with Crippen LogP contribution in [0.15, 0.2) is 29.9 Å². The molecule has 2 amide bonds. The number of hydrogen-bond donors (Lipinski definition) is 2. The van der Waals surface area contributed by atoms with Crippen LogP contribution >= 0.6 is 22.7 Å². The van der Waals surface area contributed by atoms with Gasteiger partial charge in [0.25, 0.3) is 11.8 Å². The number of aryl methyl sites for hydroxylation is 1. The third-order valence-corrected chi connectivity index (χ3v) is 5.09. The number of rotatable bonds is 5. The molecule has 3 rings (SSSR count). The molecular weight excluding hydrogens is 372 g/mol. The summed E-state index contributed by atoms with van der Waals surface area (Å²) in [6.07, 6.45) is 3.35. The first-order valence-corrected chi connectivity index (χ1v) is 9.26. The molecule has 3 aromatic rings. The van der Waals surface area contributed by atoms with Crippen molar-refractivity contribution in [3.05, 3.63) is 46.2 Å². The van der Waals surface area contributed by atoms with E-state index >= 15 is 0 Å². The van der Waals surface area contributed by atoms with E-state index in [4.69, 9.17) is 0 Å². The van der Waals surface area contributed by atoms with Crippen LogP contribution in [-0.4, -0.2) is 45.8 Å². The predicted molar refractivity (Wildman–Crippen MR) is 102 cm³/mol. The number of amides is 2. The van der Waals surface area contributed by atoms with E-state index in [1.54, 1.807) is 44.9 Å². The fourth-order valence-corrected chi connectivity index (χ4v) is 3.70. The van der Waals surface area contributed by atoms with Crippen LogP contribution in [0.25, 0.3) is 0 Å². The average Bonchev–Trinajstić information content (AvgIpc) is 3.21. The maximum atomic E-state index is 12.4. The smallest absolute Gasteiger partial charge is 0.276 e. The molecule has 10 heteroatoms. The van der Waals surface area contributed by atoms with Gasteiger partial charge in [-0.1, -0.05) is 11.3 Å². The fraction of sp³-hybridized carbons (Fsp3) is 0.188. The van der Waals surface area contributed by atoms with Gasteiger partial charge in [0.05, 0.1) is 17.6 Å². The Labute approximate surface area is 157 Å². The van der Waals surface area contributed by atoms with Crippen molar-refractivity contribution in [1.82, 2.24) is 19.9 Å². The molecule has 8 nitrogen and oxygen atoms in total. The molecular formula is C16H16N6O2S2. The monoisotopic (exact) mass is 388 g/mol. The molecule has 0 aromatic carbocycles. The predicted octanol–water partition coefficient (Wildman–Crippen LogP) is 3.00. The molecule has 0 radical (unpaired) electrons. The largest absolute Gasteiger partial charge is 0.344 e. The fourth-order valence-electron chi connectivity index (χ4n) is 2.01. The summed E-state index contributed by atoms with van der Waals surface area (Å²) >= 11 is 2.46. The lowest BCUT2D eigenvalue weighted by atomic mass is 10.3. The van der Waals surface area contributed by atoms with Crippen LogP contribution < -0.4 is 10.6 Å². The summed E-state index contributed by atoms with van der Waals surface area (Å²) in [7, 11) is 3.34. The Morgan fingerprint density at radius 3 is 2.69 bits per heavy atom. The molecule has 0 atom stereocenters. The van der Waals surface area contributed by atoms with Crippen LogP contribution in [0, 0.1) is 6.92 Å². The van der Waals surface area contributed by atoms with Gasteiger partial charge in [-0.2, -0.15) is 0 Å². The Kier molecular flexibility index (Phi) is 5.24. The second kappa shape index (κ2) is 7.58. The molecule has 2 N–H and O–H groups in total. The lowest BCUT2D eigenvalue weighted by molar-refractivity contribution is 0.0831. The van der Waals surface area contributed by atoms with Crippen LogP contribution in [0.1, 0.15) is 25.9 Å². The molecule has 0 unspecified atom stereocenters. The number of pyridine rings is 1. The molecule has 0 fully saturated rings. The zero-order valence-electron chi connectivity index (χ0n) is 14.3. The van der Waals surface area contributed by atoms with Gasteiger partial charge in [-0.05, 0) is 19.1 Å². The number of nitrogens with one attached hydrogen (secondary N) is 2. The van der Waals surface area contributed by atoms with Gasteiger partial charge in [-0.3, -0.25) is 19.9 Å². The second-order valence-corrected chi connectivity index (χ2v) is 7.35. The molecule has 134 valence electrons. The van der Waals surface area contributed by atoms with E-state index in [9.17, 15) is 9.59 Å². The van der Waals surface area contributed by atoms with Crippen molar-refractivity contribution in [1.29, 1.82) is 0 Å². The molecule has 3 heterocycles. The van der Waals surface area contributed by atoms with Crippen molar-refractivity contribution < 1.29 is 9.59 Å². The SMILES string of the molecule is Cc1nc(NC(=O)c2csc(Nc3cccnc3)n2)sc1C(=O)N(C)C. The first-order chi connectivity index (χ1) is 12.4. The Bertz CT molecular complexity index is 935. The van der Waals surface area contributed by atoms with Crippen LogP contribution in [0.5, 0.6) is 0 Å². The van der Waals surface area contributed by atoms with Gasteiger partial charge in [0.15, 0.2) is 10.3 Å². The summed E-state index contributed by atoms with van der Waals surface area (Å²) in [5, 5.41) is 8.38. The summed E-state index contributed by atoms with van der Waals surface area (Å²) in [6.45, 7) is 1.74. The topological polar surface area (TPSA) is 100 Å². The molecule has 26 heavy (non-hydrogen) atoms. The Morgan fingerprint density at radius 2 is 2.00 bits per heavy atom. The minimum Gasteiger partial charge on any atom is -0.344 e. The molecule has 0 aliphatic carbocycles. The maximum Gasteiger partial charge on any atom is 0.276 e. The van der Waals surface area contributed by atoms with E-state index in [0.717, 1.165) is 17.0 Å². The van der Waals surface area contributed by atoms with Crippen LogP contribution in [0.3, 0.4) is 0 Å². The number of carbonyl (C=O) groups is 2. The molecule has 0 saturated heterocycles.